The van der Waals surface area contributed by atoms with Crippen molar-refractivity contribution in [3.8, 4) is 11.5 Å². The summed E-state index contributed by atoms with van der Waals surface area (Å²) >= 11 is 0. The fourth-order valence-corrected chi connectivity index (χ4v) is 3.35. The molecule has 6 nitrogen and oxygen atoms in total. The molecule has 1 N–H and O–H groups in total. The van der Waals surface area contributed by atoms with Crippen LogP contribution in [0.15, 0.2) is 66.7 Å². The van der Waals surface area contributed by atoms with Crippen molar-refractivity contribution in [2.75, 3.05) is 12.0 Å². The number of carbonyl (C=O) groups is 2. The summed E-state index contributed by atoms with van der Waals surface area (Å²) in [4.78, 5) is 26.1. The van der Waals surface area contributed by atoms with Crippen LogP contribution in [0, 0.1) is 0 Å². The molecule has 4 rings (SSSR count). The number of anilines is 1. The molecule has 29 heavy (non-hydrogen) atoms. The number of benzene rings is 3. The summed E-state index contributed by atoms with van der Waals surface area (Å²) in [6, 6.07) is 19.0. The van der Waals surface area contributed by atoms with Gasteiger partial charge in [0.15, 0.2) is 0 Å². The Morgan fingerprint density at radius 1 is 1.07 bits per heavy atom. The lowest BCUT2D eigenvalue weighted by Gasteiger charge is -2.16. The number of fused-ring (bicyclic) bond motifs is 1. The first-order chi connectivity index (χ1) is 14.1. The second kappa shape index (κ2) is 7.67. The molecule has 3 aromatic carbocycles. The molecular formula is C23H19NO5. The summed E-state index contributed by atoms with van der Waals surface area (Å²) in [5.74, 6) is 0.276. The van der Waals surface area contributed by atoms with E-state index in [1.807, 2.05) is 12.1 Å². The number of esters is 1. The van der Waals surface area contributed by atoms with E-state index in [1.165, 1.54) is 7.11 Å². The predicted octanol–water partition coefficient (Wildman–Crippen LogP) is 3.92. The highest BCUT2D eigenvalue weighted by Crippen LogP contribution is 2.34. The highest BCUT2D eigenvalue weighted by atomic mass is 16.5. The summed E-state index contributed by atoms with van der Waals surface area (Å²) in [6.07, 6.45) is 0. The van der Waals surface area contributed by atoms with E-state index in [0.29, 0.717) is 29.1 Å². The van der Waals surface area contributed by atoms with E-state index in [-0.39, 0.29) is 18.3 Å². The van der Waals surface area contributed by atoms with Gasteiger partial charge in [-0.05, 0) is 54.1 Å². The zero-order chi connectivity index (χ0) is 20.4. The minimum absolute atomic E-state index is 0.117. The minimum atomic E-state index is -0.421. The van der Waals surface area contributed by atoms with Crippen LogP contribution in [0.3, 0.4) is 0 Å². The Balaban J connectivity index is 1.55. The van der Waals surface area contributed by atoms with Crippen LogP contribution in [0.4, 0.5) is 5.69 Å². The van der Waals surface area contributed by atoms with E-state index in [2.05, 4.69) is 0 Å². The van der Waals surface area contributed by atoms with Crippen molar-refractivity contribution in [3.63, 3.8) is 0 Å². The Morgan fingerprint density at radius 3 is 2.55 bits per heavy atom. The molecule has 1 heterocycles. The van der Waals surface area contributed by atoms with E-state index in [0.717, 1.165) is 11.1 Å². The Kier molecular flexibility index (Phi) is 4.91. The number of amides is 1. The van der Waals surface area contributed by atoms with Gasteiger partial charge in [-0.15, -0.1) is 0 Å². The van der Waals surface area contributed by atoms with E-state index < -0.39 is 5.97 Å². The first-order valence-electron chi connectivity index (χ1n) is 9.09. The molecule has 1 amide bonds. The van der Waals surface area contributed by atoms with Gasteiger partial charge in [0, 0.05) is 16.8 Å². The molecular weight excluding hydrogens is 370 g/mol. The molecule has 0 saturated carbocycles. The van der Waals surface area contributed by atoms with Crippen LogP contribution in [-0.2, 0) is 17.9 Å². The van der Waals surface area contributed by atoms with Crippen LogP contribution in [-0.4, -0.2) is 24.1 Å². The molecule has 0 atom stereocenters. The van der Waals surface area contributed by atoms with Crippen LogP contribution in [0.5, 0.6) is 11.5 Å². The van der Waals surface area contributed by atoms with E-state index in [9.17, 15) is 14.7 Å². The van der Waals surface area contributed by atoms with Gasteiger partial charge in [-0.2, -0.15) is 0 Å². The molecule has 0 spiro atoms. The summed E-state index contributed by atoms with van der Waals surface area (Å²) in [5, 5.41) is 9.59. The molecule has 0 saturated heterocycles. The van der Waals surface area contributed by atoms with Crippen molar-refractivity contribution < 1.29 is 24.2 Å². The monoisotopic (exact) mass is 389 g/mol. The van der Waals surface area contributed by atoms with Gasteiger partial charge in [0.1, 0.15) is 18.1 Å². The van der Waals surface area contributed by atoms with Crippen molar-refractivity contribution in [2.24, 2.45) is 0 Å². The molecule has 0 radical (unpaired) electrons. The molecule has 0 unspecified atom stereocenters. The quantitative estimate of drug-likeness (QED) is 0.670. The number of aromatic hydroxyl groups is 1. The zero-order valence-corrected chi connectivity index (χ0v) is 15.8. The second-order valence-electron chi connectivity index (χ2n) is 6.67. The standard InChI is InChI=1S/C23H19NO5/c1-28-23(27)16-8-10-17(11-9-16)24-13-20-19(22(24)26)6-3-7-21(20)29-14-15-4-2-5-18(25)12-15/h2-12,25H,13-14H2,1H3. The van der Waals surface area contributed by atoms with Gasteiger partial charge in [-0.3, -0.25) is 4.79 Å². The van der Waals surface area contributed by atoms with Gasteiger partial charge < -0.3 is 19.5 Å². The number of nitrogens with zero attached hydrogens (tertiary/aromatic N) is 1. The smallest absolute Gasteiger partial charge is 0.337 e. The number of hydrogen-bond acceptors (Lipinski definition) is 5. The first kappa shape index (κ1) is 18.6. The topological polar surface area (TPSA) is 76.1 Å². The Morgan fingerprint density at radius 2 is 1.83 bits per heavy atom. The van der Waals surface area contributed by atoms with Crippen molar-refractivity contribution >= 4 is 17.6 Å². The summed E-state index contributed by atoms with van der Waals surface area (Å²) in [6.45, 7) is 0.662. The first-order valence-corrected chi connectivity index (χ1v) is 9.09. The van der Waals surface area contributed by atoms with Gasteiger partial charge in [-0.1, -0.05) is 18.2 Å². The highest BCUT2D eigenvalue weighted by Gasteiger charge is 2.31. The summed E-state index contributed by atoms with van der Waals surface area (Å²) < 4.78 is 10.6. The van der Waals surface area contributed by atoms with Crippen LogP contribution in [0.2, 0.25) is 0 Å². The highest BCUT2D eigenvalue weighted by molar-refractivity contribution is 6.10. The van der Waals surface area contributed by atoms with Gasteiger partial charge in [0.05, 0.1) is 19.2 Å². The molecule has 0 aliphatic carbocycles. The Bertz CT molecular complexity index is 1070. The largest absolute Gasteiger partial charge is 0.508 e. The van der Waals surface area contributed by atoms with Gasteiger partial charge in [0.2, 0.25) is 0 Å². The minimum Gasteiger partial charge on any atom is -0.508 e. The average molecular weight is 389 g/mol. The maximum atomic E-state index is 12.9. The molecule has 1 aliphatic rings. The molecule has 0 bridgehead atoms. The normalized spacial score (nSPS) is 12.6. The third kappa shape index (κ3) is 3.65. The third-order valence-corrected chi connectivity index (χ3v) is 4.83. The average Bonchev–Trinajstić information content (AvgIpc) is 3.09. The number of carbonyl (C=O) groups excluding carboxylic acids is 2. The zero-order valence-electron chi connectivity index (χ0n) is 15.8. The number of phenols is 1. The van der Waals surface area contributed by atoms with E-state index in [1.54, 1.807) is 59.5 Å². The molecule has 3 aromatic rings. The van der Waals surface area contributed by atoms with E-state index >= 15 is 0 Å². The van der Waals surface area contributed by atoms with Gasteiger partial charge in [0.25, 0.3) is 5.91 Å². The fraction of sp³-hybridized carbons (Fsp3) is 0.130. The van der Waals surface area contributed by atoms with Gasteiger partial charge in [-0.25, -0.2) is 4.79 Å². The van der Waals surface area contributed by atoms with Crippen LogP contribution in [0.25, 0.3) is 0 Å². The number of hydrogen-bond donors (Lipinski definition) is 1. The maximum absolute atomic E-state index is 12.9. The molecule has 146 valence electrons. The third-order valence-electron chi connectivity index (χ3n) is 4.83. The number of ether oxygens (including phenoxy) is 2. The predicted molar refractivity (Wildman–Crippen MR) is 107 cm³/mol. The Labute approximate surface area is 167 Å². The lowest BCUT2D eigenvalue weighted by molar-refractivity contribution is 0.0600. The van der Waals surface area contributed by atoms with E-state index in [4.69, 9.17) is 9.47 Å². The van der Waals surface area contributed by atoms with Gasteiger partial charge >= 0.3 is 5.97 Å². The lowest BCUT2D eigenvalue weighted by atomic mass is 10.1. The summed E-state index contributed by atoms with van der Waals surface area (Å²) in [5.41, 5.74) is 3.36. The molecule has 6 heteroatoms. The SMILES string of the molecule is COC(=O)c1ccc(N2Cc3c(OCc4cccc(O)c4)cccc3C2=O)cc1. The van der Waals surface area contributed by atoms with Crippen molar-refractivity contribution in [2.45, 2.75) is 13.2 Å². The van der Waals surface area contributed by atoms with Crippen LogP contribution < -0.4 is 9.64 Å². The molecule has 1 aliphatic heterocycles. The van der Waals surface area contributed by atoms with Crippen molar-refractivity contribution in [3.05, 3.63) is 89.0 Å². The van der Waals surface area contributed by atoms with Crippen LogP contribution >= 0.6 is 0 Å². The molecule has 0 aromatic heterocycles. The number of rotatable bonds is 5. The van der Waals surface area contributed by atoms with Crippen LogP contribution in [0.1, 0.15) is 31.8 Å². The van der Waals surface area contributed by atoms with Crippen molar-refractivity contribution in [1.29, 1.82) is 0 Å². The second-order valence-corrected chi connectivity index (χ2v) is 6.67. The molecule has 0 fully saturated rings. The fourth-order valence-electron chi connectivity index (χ4n) is 3.35. The maximum Gasteiger partial charge on any atom is 0.337 e. The lowest BCUT2D eigenvalue weighted by Crippen LogP contribution is -2.23. The number of methoxy groups -OCH3 is 1. The summed E-state index contributed by atoms with van der Waals surface area (Å²) in [7, 11) is 1.33. The van der Waals surface area contributed by atoms with Crippen molar-refractivity contribution in [1.82, 2.24) is 0 Å². The Hall–Kier alpha value is -3.80. The number of phenolic OH excluding ortho intramolecular Hbond substituents is 1.